The molecule has 152 valence electrons. The van der Waals surface area contributed by atoms with Crippen molar-refractivity contribution in [1.82, 2.24) is 9.69 Å². The monoisotopic (exact) mass is 433 g/mol. The first-order chi connectivity index (χ1) is 13.3. The molecule has 2 rings (SSSR count). The van der Waals surface area contributed by atoms with Gasteiger partial charge < -0.3 is 21.5 Å². The van der Waals surface area contributed by atoms with Gasteiger partial charge in [0.2, 0.25) is 5.88 Å². The smallest absolute Gasteiger partial charge is 0.319 e. The van der Waals surface area contributed by atoms with Crippen LogP contribution in [0.4, 0.5) is 18.6 Å². The van der Waals surface area contributed by atoms with E-state index >= 15 is 0 Å². The molecule has 28 heavy (non-hydrogen) atoms. The van der Waals surface area contributed by atoms with Gasteiger partial charge in [-0.25, -0.2) is 13.6 Å². The fourth-order valence-electron chi connectivity index (χ4n) is 2.15. The van der Waals surface area contributed by atoms with Crippen LogP contribution in [0.1, 0.15) is 28.8 Å². The Hall–Kier alpha value is -2.50. The number of nitrogens with one attached hydrogen (secondary N) is 2. The van der Waals surface area contributed by atoms with Gasteiger partial charge in [0.05, 0.1) is 5.56 Å². The van der Waals surface area contributed by atoms with Gasteiger partial charge in [-0.1, -0.05) is 11.6 Å². The van der Waals surface area contributed by atoms with Crippen molar-refractivity contribution in [2.45, 2.75) is 19.4 Å². The van der Waals surface area contributed by atoms with Gasteiger partial charge in [-0.2, -0.15) is 4.37 Å². The Morgan fingerprint density at radius 2 is 1.93 bits per heavy atom. The van der Waals surface area contributed by atoms with Crippen molar-refractivity contribution in [3.05, 3.63) is 39.9 Å². The van der Waals surface area contributed by atoms with Gasteiger partial charge in [-0.3, -0.25) is 10.1 Å². The summed E-state index contributed by atoms with van der Waals surface area (Å²) in [5.41, 5.74) is 10.1. The summed E-state index contributed by atoms with van der Waals surface area (Å²) in [5, 5.41) is 4.98. The number of nitrogens with two attached hydrogens (primary N) is 2. The lowest BCUT2D eigenvalue weighted by Gasteiger charge is -2.09. The second kappa shape index (κ2) is 10.2. The average molecular weight is 434 g/mol. The minimum atomic E-state index is -0.917. The first kappa shape index (κ1) is 21.8. The van der Waals surface area contributed by atoms with E-state index in [1.807, 2.05) is 0 Å². The maximum atomic E-state index is 13.8. The van der Waals surface area contributed by atoms with E-state index in [0.29, 0.717) is 19.5 Å². The molecule has 0 saturated heterocycles. The second-order valence-corrected chi connectivity index (χ2v) is 6.78. The molecule has 2 aromatic rings. The van der Waals surface area contributed by atoms with E-state index in [-0.39, 0.29) is 27.0 Å². The summed E-state index contributed by atoms with van der Waals surface area (Å²) in [7, 11) is 0. The molecule has 0 unspecified atom stereocenters. The molecule has 0 bridgehead atoms. The van der Waals surface area contributed by atoms with Crippen molar-refractivity contribution in [2.24, 2.45) is 11.5 Å². The van der Waals surface area contributed by atoms with Crippen molar-refractivity contribution >= 4 is 40.1 Å². The van der Waals surface area contributed by atoms with E-state index < -0.39 is 30.2 Å². The molecule has 0 radical (unpaired) electrons. The lowest BCUT2D eigenvalue weighted by Crippen LogP contribution is -2.30. The lowest BCUT2D eigenvalue weighted by molar-refractivity contribution is 0.0996. The van der Waals surface area contributed by atoms with Crippen LogP contribution < -0.4 is 26.8 Å². The van der Waals surface area contributed by atoms with Crippen molar-refractivity contribution in [3.63, 3.8) is 0 Å². The topological polar surface area (TPSA) is 132 Å². The number of amides is 3. The molecular formula is C16H18ClF2N5O3S. The molecular weight excluding hydrogens is 416 g/mol. The Balaban J connectivity index is 2.08. The molecule has 0 aliphatic carbocycles. The highest BCUT2D eigenvalue weighted by molar-refractivity contribution is 7.11. The Morgan fingerprint density at radius 1 is 1.25 bits per heavy atom. The molecule has 0 atom stereocenters. The van der Waals surface area contributed by atoms with Crippen LogP contribution in [0.3, 0.4) is 0 Å². The van der Waals surface area contributed by atoms with Crippen LogP contribution in [-0.2, 0) is 6.61 Å². The summed E-state index contributed by atoms with van der Waals surface area (Å²) in [6.07, 6.45) is 1.45. The highest BCUT2D eigenvalue weighted by Gasteiger charge is 2.23. The first-order valence-electron chi connectivity index (χ1n) is 8.14. The van der Waals surface area contributed by atoms with E-state index in [1.165, 1.54) is 0 Å². The van der Waals surface area contributed by atoms with Gasteiger partial charge in [0, 0.05) is 11.6 Å². The standard InChI is InChI=1S/C16H18ClF2N5O3S/c17-8-5-10(18)9(11(19)6-8)7-27-14-12(13(21)25)15(28-24-14)23-16(26)22-4-2-1-3-20/h5-6H,1-4,7,20H2,(H2,21,25)(H2,22,23,26). The number of nitrogens with zero attached hydrogens (tertiary/aromatic N) is 1. The normalized spacial score (nSPS) is 10.6. The summed E-state index contributed by atoms with van der Waals surface area (Å²) in [4.78, 5) is 23.6. The molecule has 6 N–H and O–H groups in total. The van der Waals surface area contributed by atoms with Crippen LogP contribution in [-0.4, -0.2) is 29.4 Å². The van der Waals surface area contributed by atoms with Gasteiger partial charge in [-0.05, 0) is 43.1 Å². The summed E-state index contributed by atoms with van der Waals surface area (Å²) >= 11 is 6.31. The Bertz CT molecular complexity index is 842. The SMILES string of the molecule is NCCCCNC(=O)Nc1snc(OCc2c(F)cc(Cl)cc2F)c1C(N)=O. The van der Waals surface area contributed by atoms with Crippen LogP contribution in [0.15, 0.2) is 12.1 Å². The minimum Gasteiger partial charge on any atom is -0.471 e. The molecule has 1 aromatic heterocycles. The number of benzene rings is 1. The molecule has 1 heterocycles. The number of carbonyl (C=O) groups excluding carboxylic acids is 2. The number of hydrogen-bond donors (Lipinski definition) is 4. The van der Waals surface area contributed by atoms with Gasteiger partial charge in [0.15, 0.2) is 0 Å². The third-order valence-electron chi connectivity index (χ3n) is 3.51. The van der Waals surface area contributed by atoms with Crippen LogP contribution in [0.2, 0.25) is 5.02 Å². The molecule has 0 spiro atoms. The zero-order chi connectivity index (χ0) is 20.7. The predicted octanol–water partition coefficient (Wildman–Crippen LogP) is 2.61. The quantitative estimate of drug-likeness (QED) is 0.451. The largest absolute Gasteiger partial charge is 0.471 e. The third kappa shape index (κ3) is 5.75. The summed E-state index contributed by atoms with van der Waals surface area (Å²) in [6, 6.07) is 1.30. The number of anilines is 1. The van der Waals surface area contributed by atoms with Gasteiger partial charge >= 0.3 is 6.03 Å². The molecule has 1 aromatic carbocycles. The van der Waals surface area contributed by atoms with E-state index in [9.17, 15) is 18.4 Å². The molecule has 8 nitrogen and oxygen atoms in total. The Labute approximate surface area is 168 Å². The fraction of sp³-hybridized carbons (Fsp3) is 0.312. The average Bonchev–Trinajstić information content (AvgIpc) is 3.00. The molecule has 3 amide bonds. The number of hydrogen-bond acceptors (Lipinski definition) is 6. The maximum absolute atomic E-state index is 13.8. The van der Waals surface area contributed by atoms with Crippen molar-refractivity contribution < 1.29 is 23.1 Å². The molecule has 0 aliphatic rings. The molecule has 0 saturated carbocycles. The first-order valence-corrected chi connectivity index (χ1v) is 9.29. The van der Waals surface area contributed by atoms with Crippen molar-refractivity contribution in [1.29, 1.82) is 0 Å². The van der Waals surface area contributed by atoms with Crippen molar-refractivity contribution in [2.75, 3.05) is 18.4 Å². The number of primary amides is 1. The second-order valence-electron chi connectivity index (χ2n) is 5.57. The highest BCUT2D eigenvalue weighted by Crippen LogP contribution is 2.31. The summed E-state index contributed by atoms with van der Waals surface area (Å²) in [6.45, 7) is 0.356. The number of halogens is 3. The van der Waals surface area contributed by atoms with Crippen LogP contribution >= 0.6 is 23.1 Å². The fourth-order valence-corrected chi connectivity index (χ4v) is 3.07. The zero-order valence-electron chi connectivity index (χ0n) is 14.6. The van der Waals surface area contributed by atoms with E-state index in [1.54, 1.807) is 0 Å². The van der Waals surface area contributed by atoms with Crippen LogP contribution in [0.25, 0.3) is 0 Å². The molecule has 0 aliphatic heterocycles. The number of rotatable bonds is 9. The molecule has 12 heteroatoms. The molecule has 0 fully saturated rings. The van der Waals surface area contributed by atoms with E-state index in [2.05, 4.69) is 15.0 Å². The Kier molecular flexibility index (Phi) is 7.91. The number of aromatic nitrogens is 1. The number of carbonyl (C=O) groups is 2. The van der Waals surface area contributed by atoms with Gasteiger partial charge in [-0.15, -0.1) is 0 Å². The predicted molar refractivity (Wildman–Crippen MR) is 102 cm³/mol. The van der Waals surface area contributed by atoms with Crippen LogP contribution in [0.5, 0.6) is 5.88 Å². The van der Waals surface area contributed by atoms with Crippen molar-refractivity contribution in [3.8, 4) is 5.88 Å². The maximum Gasteiger partial charge on any atom is 0.319 e. The van der Waals surface area contributed by atoms with E-state index in [0.717, 1.165) is 30.1 Å². The minimum absolute atomic E-state index is 0.0517. The summed E-state index contributed by atoms with van der Waals surface area (Å²) < 4.78 is 36.8. The third-order valence-corrected chi connectivity index (χ3v) is 4.47. The van der Waals surface area contributed by atoms with Gasteiger partial charge in [0.1, 0.15) is 28.8 Å². The zero-order valence-corrected chi connectivity index (χ0v) is 16.1. The highest BCUT2D eigenvalue weighted by atomic mass is 35.5. The Morgan fingerprint density at radius 3 is 2.54 bits per heavy atom. The number of unbranched alkanes of at least 4 members (excludes halogenated alkanes) is 1. The summed E-state index contributed by atoms with van der Waals surface area (Å²) in [5.74, 6) is -2.98. The van der Waals surface area contributed by atoms with Crippen LogP contribution in [0, 0.1) is 11.6 Å². The van der Waals surface area contributed by atoms with Gasteiger partial charge in [0.25, 0.3) is 5.91 Å². The number of ether oxygens (including phenoxy) is 1. The number of urea groups is 1. The lowest BCUT2D eigenvalue weighted by atomic mass is 10.2. The van der Waals surface area contributed by atoms with E-state index in [4.69, 9.17) is 27.8 Å².